The second-order valence-corrected chi connectivity index (χ2v) is 7.95. The van der Waals surface area contributed by atoms with E-state index in [1.807, 2.05) is 37.3 Å². The highest BCUT2D eigenvalue weighted by Crippen LogP contribution is 2.36. The number of rotatable bonds is 11. The number of ether oxygens (including phenoxy) is 2. The van der Waals surface area contributed by atoms with Crippen LogP contribution in [0.4, 0.5) is 5.69 Å². The molecule has 0 saturated heterocycles. The molecule has 1 aromatic rings. The number of allylic oxidation sites excluding steroid dienone is 3. The van der Waals surface area contributed by atoms with Crippen molar-refractivity contribution in [3.8, 4) is 5.75 Å². The van der Waals surface area contributed by atoms with E-state index in [1.165, 1.54) is 25.9 Å². The van der Waals surface area contributed by atoms with Gasteiger partial charge in [0.25, 0.3) is 0 Å². The Morgan fingerprint density at radius 3 is 2.57 bits per heavy atom. The fourth-order valence-corrected chi connectivity index (χ4v) is 2.95. The second-order valence-electron chi connectivity index (χ2n) is 7.57. The van der Waals surface area contributed by atoms with Gasteiger partial charge in [0.1, 0.15) is 16.4 Å². The Balaban J connectivity index is 3.11. The summed E-state index contributed by atoms with van der Waals surface area (Å²) in [5.74, 6) is 0.0644. The van der Waals surface area contributed by atoms with Crippen LogP contribution in [-0.4, -0.2) is 55.9 Å². The smallest absolute Gasteiger partial charge is 0.229 e. The van der Waals surface area contributed by atoms with Gasteiger partial charge in [-0.2, -0.15) is 0 Å². The molecule has 0 heterocycles. The number of hydrogen-bond donors (Lipinski definition) is 2. The molecule has 2 N–H and O–H groups in total. The Morgan fingerprint density at radius 2 is 2.00 bits per heavy atom. The molecule has 8 heteroatoms. The number of halogens is 1. The summed E-state index contributed by atoms with van der Waals surface area (Å²) in [6.45, 7) is 5.51. The Kier molecular flexibility index (Phi) is 10.5. The lowest BCUT2D eigenvalue weighted by molar-refractivity contribution is -0.332. The van der Waals surface area contributed by atoms with Crippen molar-refractivity contribution < 1.29 is 29.5 Å². The first-order valence-corrected chi connectivity index (χ1v) is 9.90. The standard InChI is InChI=1S/C22H32ClNO6/c1-15(9-7-8-10-28-5)11-16-12-17(21(23)18(13-16)29-6)24(4)20(26)14-19(25)22(2,3)30-27/h7-9,12-13,19,25,27H,10-11,14H2,1-6H3/b8-7+,15-9+. The van der Waals surface area contributed by atoms with Crippen molar-refractivity contribution in [3.63, 3.8) is 0 Å². The van der Waals surface area contributed by atoms with Gasteiger partial charge in [-0.25, -0.2) is 4.89 Å². The van der Waals surface area contributed by atoms with Crippen molar-refractivity contribution >= 4 is 23.2 Å². The number of aliphatic hydroxyl groups is 1. The van der Waals surface area contributed by atoms with Crippen LogP contribution in [0.3, 0.4) is 0 Å². The third-order valence-corrected chi connectivity index (χ3v) is 5.08. The van der Waals surface area contributed by atoms with Crippen molar-refractivity contribution in [2.75, 3.05) is 32.8 Å². The molecule has 0 spiro atoms. The lowest BCUT2D eigenvalue weighted by Gasteiger charge is -2.28. The van der Waals surface area contributed by atoms with Crippen LogP contribution in [0.25, 0.3) is 0 Å². The maximum Gasteiger partial charge on any atom is 0.229 e. The van der Waals surface area contributed by atoms with Gasteiger partial charge in [0, 0.05) is 14.2 Å². The highest BCUT2D eigenvalue weighted by atomic mass is 35.5. The molecule has 168 valence electrons. The predicted octanol–water partition coefficient (Wildman–Crippen LogP) is 4.02. The first kappa shape index (κ1) is 26.1. The van der Waals surface area contributed by atoms with Gasteiger partial charge in [-0.3, -0.25) is 10.1 Å². The van der Waals surface area contributed by atoms with Gasteiger partial charge >= 0.3 is 0 Å². The number of aliphatic hydroxyl groups excluding tert-OH is 1. The molecule has 0 fully saturated rings. The first-order valence-electron chi connectivity index (χ1n) is 9.52. The van der Waals surface area contributed by atoms with E-state index < -0.39 is 11.7 Å². The molecule has 0 aromatic heterocycles. The number of nitrogens with zero attached hydrogens (tertiary/aromatic N) is 1. The minimum atomic E-state index is -1.28. The van der Waals surface area contributed by atoms with Crippen LogP contribution in [0.1, 0.15) is 32.8 Å². The summed E-state index contributed by atoms with van der Waals surface area (Å²) in [5.41, 5.74) is 1.20. The van der Waals surface area contributed by atoms with Gasteiger partial charge in [0.05, 0.1) is 31.9 Å². The highest BCUT2D eigenvalue weighted by Gasteiger charge is 2.32. The van der Waals surface area contributed by atoms with E-state index >= 15 is 0 Å². The minimum Gasteiger partial charge on any atom is -0.495 e. The number of anilines is 1. The molecular weight excluding hydrogens is 410 g/mol. The van der Waals surface area contributed by atoms with E-state index in [4.69, 9.17) is 26.3 Å². The Bertz CT molecular complexity index is 775. The topological polar surface area (TPSA) is 88.5 Å². The highest BCUT2D eigenvalue weighted by molar-refractivity contribution is 6.35. The van der Waals surface area contributed by atoms with Gasteiger partial charge < -0.3 is 19.5 Å². The van der Waals surface area contributed by atoms with Crippen LogP contribution in [0.2, 0.25) is 5.02 Å². The summed E-state index contributed by atoms with van der Waals surface area (Å²) < 4.78 is 10.4. The number of carbonyl (C=O) groups is 1. The monoisotopic (exact) mass is 441 g/mol. The molecule has 1 rings (SSSR count). The van der Waals surface area contributed by atoms with Crippen LogP contribution in [0.15, 0.2) is 35.9 Å². The second kappa shape index (κ2) is 12.1. The minimum absolute atomic E-state index is 0.254. The fourth-order valence-electron chi connectivity index (χ4n) is 2.64. The maximum absolute atomic E-state index is 12.7. The lowest BCUT2D eigenvalue weighted by Crippen LogP contribution is -2.42. The third kappa shape index (κ3) is 7.41. The van der Waals surface area contributed by atoms with Crippen LogP contribution < -0.4 is 9.64 Å². The van der Waals surface area contributed by atoms with Crippen molar-refractivity contribution in [1.29, 1.82) is 0 Å². The molecule has 0 aliphatic carbocycles. The van der Waals surface area contributed by atoms with E-state index in [2.05, 4.69) is 4.89 Å². The van der Waals surface area contributed by atoms with Crippen molar-refractivity contribution in [2.45, 2.75) is 45.3 Å². The molecule has 1 amide bonds. The first-order chi connectivity index (χ1) is 14.1. The zero-order chi connectivity index (χ0) is 22.9. The summed E-state index contributed by atoms with van der Waals surface area (Å²) in [6.07, 6.45) is 5.00. The molecule has 0 aliphatic heterocycles. The zero-order valence-corrected chi connectivity index (χ0v) is 19.2. The average molecular weight is 442 g/mol. The summed E-state index contributed by atoms with van der Waals surface area (Å²) in [7, 11) is 4.72. The van der Waals surface area contributed by atoms with Crippen LogP contribution in [-0.2, 0) is 20.8 Å². The molecule has 0 radical (unpaired) electrons. The SMILES string of the molecule is COC/C=C/C=C(\C)Cc1cc(OC)c(Cl)c(N(C)C(=O)CC(O)C(C)(C)OO)c1. The number of carbonyl (C=O) groups excluding carboxylic acids is 1. The molecular formula is C22H32ClNO6. The van der Waals surface area contributed by atoms with E-state index in [0.29, 0.717) is 29.5 Å². The van der Waals surface area contributed by atoms with Gasteiger partial charge in [-0.15, -0.1) is 0 Å². The molecule has 0 bridgehead atoms. The lowest BCUT2D eigenvalue weighted by atomic mass is 9.98. The number of hydrogen-bond acceptors (Lipinski definition) is 6. The number of methoxy groups -OCH3 is 2. The summed E-state index contributed by atoms with van der Waals surface area (Å²) in [4.78, 5) is 18.3. The van der Waals surface area contributed by atoms with Crippen LogP contribution in [0, 0.1) is 0 Å². The zero-order valence-electron chi connectivity index (χ0n) is 18.4. The molecule has 0 saturated carbocycles. The number of amides is 1. The molecule has 0 aliphatic rings. The molecule has 7 nitrogen and oxygen atoms in total. The van der Waals surface area contributed by atoms with E-state index in [-0.39, 0.29) is 12.3 Å². The molecule has 1 unspecified atom stereocenters. The van der Waals surface area contributed by atoms with Gasteiger partial charge in [0.15, 0.2) is 0 Å². The normalized spacial score (nSPS) is 13.6. The molecule has 30 heavy (non-hydrogen) atoms. The van der Waals surface area contributed by atoms with Gasteiger partial charge in [-0.05, 0) is 44.9 Å². The van der Waals surface area contributed by atoms with Gasteiger partial charge in [0.2, 0.25) is 5.91 Å². The molecule has 1 aromatic carbocycles. The Labute approximate surface area is 183 Å². The van der Waals surface area contributed by atoms with Crippen molar-refractivity contribution in [1.82, 2.24) is 0 Å². The summed E-state index contributed by atoms with van der Waals surface area (Å²) in [5, 5.41) is 19.4. The summed E-state index contributed by atoms with van der Waals surface area (Å²) in [6, 6.07) is 3.65. The maximum atomic E-state index is 12.7. The van der Waals surface area contributed by atoms with Crippen molar-refractivity contribution in [2.24, 2.45) is 0 Å². The predicted molar refractivity (Wildman–Crippen MR) is 118 cm³/mol. The quantitative estimate of drug-likeness (QED) is 0.306. The van der Waals surface area contributed by atoms with Crippen LogP contribution >= 0.6 is 11.6 Å². The third-order valence-electron chi connectivity index (χ3n) is 4.70. The van der Waals surface area contributed by atoms with Gasteiger partial charge in [-0.1, -0.05) is 35.4 Å². The number of benzene rings is 1. The van der Waals surface area contributed by atoms with E-state index in [1.54, 1.807) is 14.2 Å². The van der Waals surface area contributed by atoms with E-state index in [9.17, 15) is 9.90 Å². The Morgan fingerprint density at radius 1 is 1.33 bits per heavy atom. The van der Waals surface area contributed by atoms with E-state index in [0.717, 1.165) is 11.1 Å². The molecule has 1 atom stereocenters. The van der Waals surface area contributed by atoms with Crippen LogP contribution in [0.5, 0.6) is 5.75 Å². The summed E-state index contributed by atoms with van der Waals surface area (Å²) >= 11 is 6.44. The van der Waals surface area contributed by atoms with Crippen molar-refractivity contribution in [3.05, 3.63) is 46.5 Å². The fraction of sp³-hybridized carbons (Fsp3) is 0.500. The largest absolute Gasteiger partial charge is 0.495 e. The average Bonchev–Trinajstić information content (AvgIpc) is 2.71. The Hall–Kier alpha value is -1.90.